The van der Waals surface area contributed by atoms with Gasteiger partial charge in [0.2, 0.25) is 0 Å². The predicted molar refractivity (Wildman–Crippen MR) is 98.5 cm³/mol. The molecule has 6 nitrogen and oxygen atoms in total. The van der Waals surface area contributed by atoms with Crippen LogP contribution in [0.3, 0.4) is 0 Å². The number of hydrogen-bond acceptors (Lipinski definition) is 5. The Morgan fingerprint density at radius 2 is 2.12 bits per heavy atom. The molecule has 0 bridgehead atoms. The number of hydrogen-bond donors (Lipinski definition) is 1. The van der Waals surface area contributed by atoms with Gasteiger partial charge in [0.05, 0.1) is 12.2 Å². The molecule has 0 aliphatic carbocycles. The molecule has 0 saturated carbocycles. The number of halogens is 1. The Morgan fingerprint density at radius 3 is 2.96 bits per heavy atom. The van der Waals surface area contributed by atoms with E-state index in [1.807, 2.05) is 22.9 Å². The van der Waals surface area contributed by atoms with Crippen molar-refractivity contribution in [3.63, 3.8) is 0 Å². The lowest BCUT2D eigenvalue weighted by molar-refractivity contribution is 0.326. The maximum Gasteiger partial charge on any atom is 0.177 e. The molecular formula is C18H21ClN6. The lowest BCUT2D eigenvalue weighted by atomic mass is 10.0. The average Bonchev–Trinajstić information content (AvgIpc) is 3.20. The fraction of sp³-hybridized carbons (Fsp3) is 0.389. The van der Waals surface area contributed by atoms with Crippen LogP contribution in [-0.2, 0) is 13.1 Å². The summed E-state index contributed by atoms with van der Waals surface area (Å²) in [6, 6.07) is 8.07. The van der Waals surface area contributed by atoms with E-state index in [0.29, 0.717) is 19.0 Å². The molecule has 1 aliphatic heterocycles. The zero-order valence-electron chi connectivity index (χ0n) is 14.0. The summed E-state index contributed by atoms with van der Waals surface area (Å²) in [7, 11) is 0. The van der Waals surface area contributed by atoms with Crippen LogP contribution in [-0.4, -0.2) is 44.3 Å². The highest BCUT2D eigenvalue weighted by Gasteiger charge is 2.29. The van der Waals surface area contributed by atoms with Crippen LogP contribution in [0.25, 0.3) is 11.2 Å². The van der Waals surface area contributed by atoms with E-state index >= 15 is 0 Å². The highest BCUT2D eigenvalue weighted by molar-refractivity contribution is 6.30. The largest absolute Gasteiger partial charge is 0.329 e. The van der Waals surface area contributed by atoms with Gasteiger partial charge in [-0.2, -0.15) is 5.10 Å². The molecule has 1 aliphatic rings. The van der Waals surface area contributed by atoms with Gasteiger partial charge in [-0.3, -0.25) is 4.90 Å². The van der Waals surface area contributed by atoms with Crippen molar-refractivity contribution in [1.29, 1.82) is 0 Å². The molecule has 1 aromatic carbocycles. The highest BCUT2D eigenvalue weighted by atomic mass is 35.5. The first kappa shape index (κ1) is 16.4. The Morgan fingerprint density at radius 1 is 1.24 bits per heavy atom. The molecule has 2 aromatic heterocycles. The minimum Gasteiger partial charge on any atom is -0.329 e. The number of likely N-dealkylation sites (tertiary alicyclic amines) is 1. The summed E-state index contributed by atoms with van der Waals surface area (Å²) in [5.74, 6) is 0.373. The minimum atomic E-state index is 0.373. The van der Waals surface area contributed by atoms with Crippen LogP contribution >= 0.6 is 11.6 Å². The summed E-state index contributed by atoms with van der Waals surface area (Å²) in [6.45, 7) is 4.12. The molecule has 1 atom stereocenters. The number of rotatable bonds is 5. The van der Waals surface area contributed by atoms with E-state index in [9.17, 15) is 0 Å². The number of benzene rings is 1. The van der Waals surface area contributed by atoms with Crippen molar-refractivity contribution in [3.8, 4) is 0 Å². The molecule has 1 fully saturated rings. The minimum absolute atomic E-state index is 0.373. The third-order valence-corrected chi connectivity index (χ3v) is 4.92. The van der Waals surface area contributed by atoms with Crippen molar-refractivity contribution in [3.05, 3.63) is 52.9 Å². The Kier molecular flexibility index (Phi) is 4.65. The van der Waals surface area contributed by atoms with Crippen molar-refractivity contribution < 1.29 is 0 Å². The van der Waals surface area contributed by atoms with E-state index in [2.05, 4.69) is 20.9 Å². The molecule has 3 aromatic rings. The van der Waals surface area contributed by atoms with Gasteiger partial charge in [0, 0.05) is 43.0 Å². The van der Waals surface area contributed by atoms with Crippen LogP contribution in [0.15, 0.2) is 36.7 Å². The average molecular weight is 357 g/mol. The van der Waals surface area contributed by atoms with Gasteiger partial charge in [-0.15, -0.1) is 0 Å². The number of nitrogens with two attached hydrogens (primary N) is 1. The monoisotopic (exact) mass is 356 g/mol. The lowest BCUT2D eigenvalue weighted by Gasteiger charge is -2.15. The summed E-state index contributed by atoms with van der Waals surface area (Å²) in [5.41, 5.74) is 9.73. The summed E-state index contributed by atoms with van der Waals surface area (Å²) in [6.07, 6.45) is 4.52. The second-order valence-electron chi connectivity index (χ2n) is 6.48. The van der Waals surface area contributed by atoms with Gasteiger partial charge in [-0.05, 0) is 30.7 Å². The first-order chi connectivity index (χ1) is 12.2. The molecule has 0 unspecified atom stereocenters. The maximum atomic E-state index is 6.10. The maximum absolute atomic E-state index is 6.10. The third-order valence-electron chi connectivity index (χ3n) is 4.69. The zero-order valence-corrected chi connectivity index (χ0v) is 14.7. The molecule has 0 amide bonds. The Balaban J connectivity index is 1.54. The van der Waals surface area contributed by atoms with E-state index in [1.165, 1.54) is 5.56 Å². The molecule has 3 heterocycles. The van der Waals surface area contributed by atoms with Crippen molar-refractivity contribution >= 4 is 22.8 Å². The molecule has 7 heteroatoms. The molecule has 0 spiro atoms. The summed E-state index contributed by atoms with van der Waals surface area (Å²) in [4.78, 5) is 11.4. The number of aromatic nitrogens is 4. The van der Waals surface area contributed by atoms with Crippen molar-refractivity contribution in [1.82, 2.24) is 24.6 Å². The fourth-order valence-corrected chi connectivity index (χ4v) is 3.78. The quantitative estimate of drug-likeness (QED) is 0.760. The SMILES string of the molecule is NCCn1nc([C@@H]2CCN(Cc3cccc(Cl)c3)C2)c2nccnc21. The highest BCUT2D eigenvalue weighted by Crippen LogP contribution is 2.31. The van der Waals surface area contributed by atoms with E-state index in [0.717, 1.165) is 47.9 Å². The second-order valence-corrected chi connectivity index (χ2v) is 6.91. The first-order valence-corrected chi connectivity index (χ1v) is 8.96. The van der Waals surface area contributed by atoms with E-state index in [4.69, 9.17) is 22.4 Å². The van der Waals surface area contributed by atoms with Crippen LogP contribution in [0.5, 0.6) is 0 Å². The van der Waals surface area contributed by atoms with E-state index < -0.39 is 0 Å². The molecular weight excluding hydrogens is 336 g/mol. The fourth-order valence-electron chi connectivity index (χ4n) is 3.57. The lowest BCUT2D eigenvalue weighted by Crippen LogP contribution is -2.20. The zero-order chi connectivity index (χ0) is 17.2. The van der Waals surface area contributed by atoms with Gasteiger partial charge < -0.3 is 5.73 Å². The molecule has 130 valence electrons. The molecule has 2 N–H and O–H groups in total. The first-order valence-electron chi connectivity index (χ1n) is 8.59. The topological polar surface area (TPSA) is 72.9 Å². The molecule has 0 radical (unpaired) electrons. The second kappa shape index (κ2) is 7.07. The number of nitrogens with zero attached hydrogens (tertiary/aromatic N) is 5. The van der Waals surface area contributed by atoms with Gasteiger partial charge in [-0.1, -0.05) is 23.7 Å². The van der Waals surface area contributed by atoms with Gasteiger partial charge in [0.15, 0.2) is 5.65 Å². The van der Waals surface area contributed by atoms with Gasteiger partial charge in [0.25, 0.3) is 0 Å². The molecule has 1 saturated heterocycles. The van der Waals surface area contributed by atoms with Crippen LogP contribution < -0.4 is 5.73 Å². The summed E-state index contributed by atoms with van der Waals surface area (Å²) < 4.78 is 1.89. The van der Waals surface area contributed by atoms with Crippen molar-refractivity contribution in [2.75, 3.05) is 19.6 Å². The van der Waals surface area contributed by atoms with Crippen LogP contribution in [0, 0.1) is 0 Å². The Bertz CT molecular complexity index is 877. The van der Waals surface area contributed by atoms with Crippen molar-refractivity contribution in [2.45, 2.75) is 25.4 Å². The van der Waals surface area contributed by atoms with Crippen LogP contribution in [0.4, 0.5) is 0 Å². The normalized spacial score (nSPS) is 18.2. The van der Waals surface area contributed by atoms with Crippen LogP contribution in [0.1, 0.15) is 23.6 Å². The van der Waals surface area contributed by atoms with Crippen molar-refractivity contribution in [2.24, 2.45) is 5.73 Å². The standard InChI is InChI=1S/C18H21ClN6/c19-15-3-1-2-13(10-15)11-24-8-4-14(12-24)16-17-18(22-7-6-21-17)25(23-16)9-5-20/h1-3,6-7,10,14H,4-5,8-9,11-12,20H2/t14-/m1/s1. The Hall–Kier alpha value is -2.02. The van der Waals surface area contributed by atoms with Gasteiger partial charge >= 0.3 is 0 Å². The van der Waals surface area contributed by atoms with E-state index in [1.54, 1.807) is 12.4 Å². The van der Waals surface area contributed by atoms with Gasteiger partial charge in [0.1, 0.15) is 5.52 Å². The third kappa shape index (κ3) is 3.38. The molecule has 4 rings (SSSR count). The van der Waals surface area contributed by atoms with Gasteiger partial charge in [-0.25, -0.2) is 14.6 Å². The number of fused-ring (bicyclic) bond motifs is 1. The Labute approximate surface area is 151 Å². The van der Waals surface area contributed by atoms with E-state index in [-0.39, 0.29) is 0 Å². The summed E-state index contributed by atoms with van der Waals surface area (Å²) >= 11 is 6.10. The summed E-state index contributed by atoms with van der Waals surface area (Å²) in [5, 5.41) is 5.57. The van der Waals surface area contributed by atoms with Crippen LogP contribution in [0.2, 0.25) is 5.02 Å². The smallest absolute Gasteiger partial charge is 0.177 e. The predicted octanol–water partition coefficient (Wildman–Crippen LogP) is 2.43. The molecule has 25 heavy (non-hydrogen) atoms.